The molecule has 1 aliphatic rings. The molecular weight excluding hydrogens is 334 g/mol. The fourth-order valence-electron chi connectivity index (χ4n) is 2.61. The summed E-state index contributed by atoms with van der Waals surface area (Å²) in [6, 6.07) is 9.13. The second-order valence-electron chi connectivity index (χ2n) is 6.49. The lowest BCUT2D eigenvalue weighted by Gasteiger charge is -2.10. The molecule has 1 amide bonds. The number of hydrogen-bond donors (Lipinski definition) is 1. The molecule has 128 valence electrons. The lowest BCUT2D eigenvalue weighted by Crippen LogP contribution is -2.14. The van der Waals surface area contributed by atoms with Gasteiger partial charge in [0.1, 0.15) is 10.5 Å². The average Bonchev–Trinajstić information content (AvgIpc) is 3.34. The first kappa shape index (κ1) is 16.1. The fourth-order valence-corrected chi connectivity index (χ4v) is 3.46. The maximum Gasteiger partial charge on any atom is 0.258 e. The van der Waals surface area contributed by atoms with Gasteiger partial charge in [0.05, 0.1) is 5.56 Å². The van der Waals surface area contributed by atoms with Crippen molar-refractivity contribution < 1.29 is 9.21 Å². The number of carbonyl (C=O) groups excluding carboxylic acids is 1. The Hall–Kier alpha value is -2.34. The van der Waals surface area contributed by atoms with E-state index in [4.69, 9.17) is 4.42 Å². The van der Waals surface area contributed by atoms with Crippen molar-refractivity contribution in [3.05, 3.63) is 48.0 Å². The normalized spacial score (nSPS) is 14.2. The maximum absolute atomic E-state index is 12.7. The van der Waals surface area contributed by atoms with Crippen molar-refractivity contribution in [3.63, 3.8) is 0 Å². The van der Waals surface area contributed by atoms with Crippen molar-refractivity contribution in [3.8, 4) is 0 Å². The first-order valence-corrected chi connectivity index (χ1v) is 9.31. The predicted octanol–water partition coefficient (Wildman–Crippen LogP) is 4.85. The van der Waals surface area contributed by atoms with Gasteiger partial charge in [-0.1, -0.05) is 13.8 Å². The quantitative estimate of drug-likeness (QED) is 0.664. The molecule has 25 heavy (non-hydrogen) atoms. The number of pyridine rings is 1. The summed E-state index contributed by atoms with van der Waals surface area (Å²) in [6.45, 7) is 4.16. The van der Waals surface area contributed by atoms with Crippen molar-refractivity contribution in [1.82, 2.24) is 9.97 Å². The molecule has 0 spiro atoms. The molecule has 0 radical (unpaired) electrons. The molecule has 2 heterocycles. The van der Waals surface area contributed by atoms with Gasteiger partial charge in [-0.15, -0.1) is 11.8 Å². The highest BCUT2D eigenvalue weighted by molar-refractivity contribution is 7.99. The number of fused-ring (bicyclic) bond motifs is 1. The van der Waals surface area contributed by atoms with Gasteiger partial charge in [0, 0.05) is 23.1 Å². The zero-order valence-electron chi connectivity index (χ0n) is 14.2. The molecule has 1 N–H and O–H groups in total. The van der Waals surface area contributed by atoms with E-state index >= 15 is 0 Å². The number of carbonyl (C=O) groups is 1. The third-order valence-corrected chi connectivity index (χ3v) is 4.97. The van der Waals surface area contributed by atoms with Gasteiger partial charge in [-0.05, 0) is 43.2 Å². The number of benzene rings is 1. The van der Waals surface area contributed by atoms with Crippen LogP contribution >= 0.6 is 11.8 Å². The number of amides is 1. The van der Waals surface area contributed by atoms with Gasteiger partial charge in [0.2, 0.25) is 0 Å². The monoisotopic (exact) mass is 353 g/mol. The van der Waals surface area contributed by atoms with Crippen molar-refractivity contribution in [2.45, 2.75) is 42.9 Å². The number of anilines is 1. The van der Waals surface area contributed by atoms with Crippen molar-refractivity contribution >= 4 is 34.5 Å². The van der Waals surface area contributed by atoms with Crippen LogP contribution < -0.4 is 5.32 Å². The van der Waals surface area contributed by atoms with Crippen LogP contribution in [0.15, 0.2) is 46.0 Å². The van der Waals surface area contributed by atoms with Gasteiger partial charge in [0.15, 0.2) is 11.5 Å². The summed E-state index contributed by atoms with van der Waals surface area (Å²) in [5.74, 6) is 1.11. The maximum atomic E-state index is 12.7. The molecule has 1 fully saturated rings. The Bertz CT molecular complexity index is 931. The van der Waals surface area contributed by atoms with Crippen molar-refractivity contribution in [2.75, 3.05) is 5.32 Å². The summed E-state index contributed by atoms with van der Waals surface area (Å²) in [5.41, 5.74) is 2.83. The number of oxazole rings is 1. The van der Waals surface area contributed by atoms with Crippen LogP contribution in [0.4, 0.5) is 5.69 Å². The van der Waals surface area contributed by atoms with E-state index in [9.17, 15) is 4.79 Å². The Balaban J connectivity index is 1.57. The van der Waals surface area contributed by atoms with Crippen LogP contribution in [0.1, 0.15) is 48.9 Å². The smallest absolute Gasteiger partial charge is 0.258 e. The van der Waals surface area contributed by atoms with Gasteiger partial charge in [-0.25, -0.2) is 9.97 Å². The van der Waals surface area contributed by atoms with Crippen LogP contribution in [0.25, 0.3) is 11.1 Å². The fraction of sp³-hybridized carbons (Fsp3) is 0.316. The van der Waals surface area contributed by atoms with E-state index in [-0.39, 0.29) is 5.91 Å². The topological polar surface area (TPSA) is 68.0 Å². The predicted molar refractivity (Wildman–Crippen MR) is 99.2 cm³/mol. The van der Waals surface area contributed by atoms with E-state index in [1.807, 2.05) is 18.2 Å². The first-order valence-electron chi connectivity index (χ1n) is 8.43. The van der Waals surface area contributed by atoms with Gasteiger partial charge in [-0.2, -0.15) is 0 Å². The number of thioether (sulfide) groups is 1. The number of hydrogen-bond acceptors (Lipinski definition) is 5. The third kappa shape index (κ3) is 3.54. The number of aromatic nitrogens is 2. The van der Waals surface area contributed by atoms with Crippen LogP contribution in [0.3, 0.4) is 0 Å². The standard InChI is InChI=1S/C19H19N3O2S/c1-11(2)25-19-14(4-3-9-20-19)17(23)21-13-7-8-16-15(10-13)22-18(24-16)12-5-6-12/h3-4,7-12H,5-6H2,1-2H3,(H,21,23). The average molecular weight is 353 g/mol. The van der Waals surface area contributed by atoms with Gasteiger partial charge in [-0.3, -0.25) is 4.79 Å². The summed E-state index contributed by atoms with van der Waals surface area (Å²) >= 11 is 1.58. The van der Waals surface area contributed by atoms with E-state index in [2.05, 4.69) is 29.1 Å². The summed E-state index contributed by atoms with van der Waals surface area (Å²) in [6.07, 6.45) is 4.00. The Morgan fingerprint density at radius 2 is 2.16 bits per heavy atom. The van der Waals surface area contributed by atoms with Crippen LogP contribution in [-0.2, 0) is 0 Å². The van der Waals surface area contributed by atoms with Crippen LogP contribution in [0.5, 0.6) is 0 Å². The Morgan fingerprint density at radius 3 is 2.92 bits per heavy atom. The number of rotatable bonds is 5. The number of nitrogens with zero attached hydrogens (tertiary/aromatic N) is 2. The summed E-state index contributed by atoms with van der Waals surface area (Å²) in [7, 11) is 0. The van der Waals surface area contributed by atoms with Gasteiger partial charge in [0.25, 0.3) is 5.91 Å². The van der Waals surface area contributed by atoms with E-state index in [1.54, 1.807) is 30.1 Å². The molecule has 2 aromatic heterocycles. The molecule has 0 bridgehead atoms. The molecule has 0 saturated heterocycles. The molecule has 6 heteroatoms. The lowest BCUT2D eigenvalue weighted by molar-refractivity contribution is 0.102. The zero-order chi connectivity index (χ0) is 17.4. The molecule has 0 unspecified atom stereocenters. The number of nitrogens with one attached hydrogen (secondary N) is 1. The summed E-state index contributed by atoms with van der Waals surface area (Å²) in [4.78, 5) is 21.5. The highest BCUT2D eigenvalue weighted by Crippen LogP contribution is 2.40. The van der Waals surface area contributed by atoms with Gasteiger partial charge < -0.3 is 9.73 Å². The molecule has 4 rings (SSSR count). The highest BCUT2D eigenvalue weighted by atomic mass is 32.2. The summed E-state index contributed by atoms with van der Waals surface area (Å²) in [5, 5.41) is 4.04. The highest BCUT2D eigenvalue weighted by Gasteiger charge is 2.28. The zero-order valence-corrected chi connectivity index (χ0v) is 15.0. The van der Waals surface area contributed by atoms with E-state index in [0.717, 1.165) is 34.9 Å². The minimum Gasteiger partial charge on any atom is -0.440 e. The molecule has 3 aromatic rings. The second-order valence-corrected chi connectivity index (χ2v) is 8.05. The van der Waals surface area contributed by atoms with E-state index in [1.165, 1.54) is 0 Å². The SMILES string of the molecule is CC(C)Sc1ncccc1C(=O)Nc1ccc2oc(C3CC3)nc2c1. The molecule has 5 nitrogen and oxygen atoms in total. The first-order chi connectivity index (χ1) is 12.1. The van der Waals surface area contributed by atoms with Gasteiger partial charge >= 0.3 is 0 Å². The Kier molecular flexibility index (Phi) is 4.21. The largest absolute Gasteiger partial charge is 0.440 e. The Morgan fingerprint density at radius 1 is 1.32 bits per heavy atom. The van der Waals surface area contributed by atoms with Crippen molar-refractivity contribution in [2.24, 2.45) is 0 Å². The molecular formula is C19H19N3O2S. The lowest BCUT2D eigenvalue weighted by atomic mass is 10.2. The van der Waals surface area contributed by atoms with Crippen LogP contribution in [-0.4, -0.2) is 21.1 Å². The third-order valence-electron chi connectivity index (χ3n) is 3.95. The van der Waals surface area contributed by atoms with Crippen LogP contribution in [0, 0.1) is 0 Å². The molecule has 0 aliphatic heterocycles. The Labute approximate surface area is 150 Å². The molecule has 1 saturated carbocycles. The van der Waals surface area contributed by atoms with E-state index < -0.39 is 0 Å². The molecule has 0 atom stereocenters. The van der Waals surface area contributed by atoms with Crippen molar-refractivity contribution in [1.29, 1.82) is 0 Å². The molecule has 1 aliphatic carbocycles. The van der Waals surface area contributed by atoms with Crippen LogP contribution in [0.2, 0.25) is 0 Å². The minimum atomic E-state index is -0.165. The molecule has 1 aromatic carbocycles. The second kappa shape index (κ2) is 6.52. The summed E-state index contributed by atoms with van der Waals surface area (Å²) < 4.78 is 5.76. The van der Waals surface area contributed by atoms with E-state index in [0.29, 0.717) is 22.4 Å². The minimum absolute atomic E-state index is 0.165.